The molecule has 0 unspecified atom stereocenters. The molecule has 0 spiro atoms. The third-order valence-electron chi connectivity index (χ3n) is 2.28. The fourth-order valence-electron chi connectivity index (χ4n) is 1.48. The molecule has 0 bridgehead atoms. The molecule has 0 aliphatic carbocycles. The zero-order chi connectivity index (χ0) is 15.0. The number of carboxylic acid groups (broad SMARTS) is 1. The Morgan fingerprint density at radius 2 is 1.63 bits per heavy atom. The normalized spacial score (nSPS) is 12.2. The average Bonchev–Trinajstić information content (AvgIpc) is 2.24. The number of aromatic carboxylic acids is 1. The second kappa shape index (κ2) is 4.82. The number of carbonyl (C=O) groups is 1. The van der Waals surface area contributed by atoms with E-state index in [0.29, 0.717) is 0 Å². The van der Waals surface area contributed by atoms with Crippen LogP contribution in [0.25, 0.3) is 0 Å². The van der Waals surface area contributed by atoms with Crippen LogP contribution in [0.1, 0.15) is 10.4 Å². The number of carboxylic acids is 1. The van der Waals surface area contributed by atoms with E-state index in [1.807, 2.05) is 0 Å². The molecule has 1 aromatic carbocycles. The maximum atomic E-state index is 11.6. The summed E-state index contributed by atoms with van der Waals surface area (Å²) < 4.78 is 50.9. The summed E-state index contributed by atoms with van der Waals surface area (Å²) in [5.74, 6) is -1.87. The van der Waals surface area contributed by atoms with E-state index in [1.165, 1.54) is 0 Å². The van der Waals surface area contributed by atoms with Gasteiger partial charge in [-0.1, -0.05) is 0 Å². The highest BCUT2D eigenvalue weighted by Crippen LogP contribution is 2.31. The summed E-state index contributed by atoms with van der Waals surface area (Å²) in [5.41, 5.74) is -0.637. The van der Waals surface area contributed by atoms with Crippen molar-refractivity contribution in [1.29, 1.82) is 0 Å². The summed E-state index contributed by atoms with van der Waals surface area (Å²) in [7, 11) is -6.45. The first-order valence-electron chi connectivity index (χ1n) is 4.84. The molecular weight excluding hydrogens is 296 g/mol. The topological polar surface area (TPSA) is 115 Å². The maximum absolute atomic E-state index is 11.6. The summed E-state index contributed by atoms with van der Waals surface area (Å²) in [6, 6.07) is 1.79. The molecule has 0 saturated heterocycles. The Labute approximate surface area is 110 Å². The SMILES string of the molecule is COc1cc(S(C)(=O)=O)cc(C(=O)O)c1S(C)(=O)=O. The summed E-state index contributed by atoms with van der Waals surface area (Å²) in [5, 5.41) is 9.02. The molecule has 1 aromatic rings. The molecular formula is C10H12O7S2. The van der Waals surface area contributed by atoms with Crippen LogP contribution in [0.2, 0.25) is 0 Å². The monoisotopic (exact) mass is 308 g/mol. The predicted octanol–water partition coefficient (Wildman–Crippen LogP) is 0.200. The molecule has 0 radical (unpaired) electrons. The van der Waals surface area contributed by atoms with Gasteiger partial charge in [0.15, 0.2) is 19.7 Å². The van der Waals surface area contributed by atoms with Gasteiger partial charge >= 0.3 is 5.97 Å². The van der Waals surface area contributed by atoms with E-state index in [-0.39, 0.29) is 10.6 Å². The van der Waals surface area contributed by atoms with Gasteiger partial charge in [-0.2, -0.15) is 0 Å². The minimum Gasteiger partial charge on any atom is -0.495 e. The largest absolute Gasteiger partial charge is 0.495 e. The fraction of sp³-hybridized carbons (Fsp3) is 0.300. The van der Waals surface area contributed by atoms with Crippen molar-refractivity contribution >= 4 is 25.6 Å². The summed E-state index contributed by atoms with van der Waals surface area (Å²) in [4.78, 5) is 10.2. The fourth-order valence-corrected chi connectivity index (χ4v) is 3.19. The van der Waals surface area contributed by atoms with E-state index >= 15 is 0 Å². The third kappa shape index (κ3) is 3.24. The van der Waals surface area contributed by atoms with Crippen LogP contribution in [0, 0.1) is 0 Å². The number of methoxy groups -OCH3 is 1. The van der Waals surface area contributed by atoms with Crippen molar-refractivity contribution in [3.05, 3.63) is 17.7 Å². The lowest BCUT2D eigenvalue weighted by Gasteiger charge is -2.12. The molecule has 0 aromatic heterocycles. The Morgan fingerprint density at radius 1 is 1.11 bits per heavy atom. The van der Waals surface area contributed by atoms with E-state index in [1.54, 1.807) is 0 Å². The number of hydrogen-bond donors (Lipinski definition) is 1. The number of sulfone groups is 2. The molecule has 19 heavy (non-hydrogen) atoms. The summed E-state index contributed by atoms with van der Waals surface area (Å²) >= 11 is 0. The lowest BCUT2D eigenvalue weighted by molar-refractivity contribution is 0.0691. The second-order valence-electron chi connectivity index (χ2n) is 3.85. The molecule has 1 rings (SSSR count). The summed E-state index contributed by atoms with van der Waals surface area (Å²) in [6.45, 7) is 0. The van der Waals surface area contributed by atoms with Crippen LogP contribution in [0.3, 0.4) is 0 Å². The molecule has 0 aliphatic rings. The van der Waals surface area contributed by atoms with E-state index < -0.39 is 36.1 Å². The van der Waals surface area contributed by atoms with E-state index in [0.717, 1.165) is 31.8 Å². The first-order chi connectivity index (χ1) is 8.48. The van der Waals surface area contributed by atoms with Crippen LogP contribution < -0.4 is 4.74 Å². The van der Waals surface area contributed by atoms with Gasteiger partial charge in [0, 0.05) is 18.6 Å². The quantitative estimate of drug-likeness (QED) is 0.844. The third-order valence-corrected chi connectivity index (χ3v) is 4.53. The molecule has 1 N–H and O–H groups in total. The molecule has 0 atom stereocenters. The molecule has 0 fully saturated rings. The van der Waals surface area contributed by atoms with Crippen LogP contribution in [-0.2, 0) is 19.7 Å². The molecule has 0 heterocycles. The van der Waals surface area contributed by atoms with Crippen molar-refractivity contribution in [2.24, 2.45) is 0 Å². The van der Waals surface area contributed by atoms with E-state index in [4.69, 9.17) is 9.84 Å². The summed E-state index contributed by atoms with van der Waals surface area (Å²) in [6.07, 6.45) is 1.70. The smallest absolute Gasteiger partial charge is 0.337 e. The zero-order valence-corrected chi connectivity index (χ0v) is 12.0. The number of ether oxygens (including phenoxy) is 1. The van der Waals surface area contributed by atoms with Gasteiger partial charge in [0.2, 0.25) is 0 Å². The van der Waals surface area contributed by atoms with Crippen molar-refractivity contribution in [1.82, 2.24) is 0 Å². The van der Waals surface area contributed by atoms with Crippen LogP contribution in [0.15, 0.2) is 21.9 Å². The highest BCUT2D eigenvalue weighted by molar-refractivity contribution is 7.91. The number of benzene rings is 1. The van der Waals surface area contributed by atoms with Gasteiger partial charge in [-0.15, -0.1) is 0 Å². The van der Waals surface area contributed by atoms with Crippen LogP contribution in [0.4, 0.5) is 0 Å². The molecule has 9 heteroatoms. The first kappa shape index (κ1) is 15.4. The first-order valence-corrected chi connectivity index (χ1v) is 8.62. The van der Waals surface area contributed by atoms with Gasteiger partial charge in [0.05, 0.1) is 17.6 Å². The number of hydrogen-bond acceptors (Lipinski definition) is 6. The Balaban J connectivity index is 3.90. The Bertz CT molecular complexity index is 729. The lowest BCUT2D eigenvalue weighted by Crippen LogP contribution is -2.12. The van der Waals surface area contributed by atoms with Gasteiger partial charge in [0.1, 0.15) is 10.6 Å². The van der Waals surface area contributed by atoms with Crippen molar-refractivity contribution in [3.8, 4) is 5.75 Å². The van der Waals surface area contributed by atoms with Crippen molar-refractivity contribution in [2.45, 2.75) is 9.79 Å². The number of rotatable bonds is 4. The molecule has 0 aliphatic heterocycles. The highest BCUT2D eigenvalue weighted by Gasteiger charge is 2.26. The van der Waals surface area contributed by atoms with Gasteiger partial charge in [-0.05, 0) is 6.07 Å². The maximum Gasteiger partial charge on any atom is 0.337 e. The Hall–Kier alpha value is -1.61. The van der Waals surface area contributed by atoms with Crippen LogP contribution in [-0.4, -0.2) is 47.5 Å². The van der Waals surface area contributed by atoms with Crippen LogP contribution >= 0.6 is 0 Å². The molecule has 0 saturated carbocycles. The van der Waals surface area contributed by atoms with Gasteiger partial charge in [-0.25, -0.2) is 21.6 Å². The van der Waals surface area contributed by atoms with E-state index in [9.17, 15) is 21.6 Å². The second-order valence-corrected chi connectivity index (χ2v) is 7.82. The van der Waals surface area contributed by atoms with E-state index in [2.05, 4.69) is 0 Å². The van der Waals surface area contributed by atoms with Gasteiger partial charge in [-0.3, -0.25) is 0 Å². The Kier molecular flexibility index (Phi) is 3.92. The standard InChI is InChI=1S/C10H12O7S2/c1-17-8-5-6(18(2,13)14)4-7(10(11)12)9(8)19(3,15)16/h4-5H,1-3H3,(H,11,12). The lowest BCUT2D eigenvalue weighted by atomic mass is 10.2. The average molecular weight is 308 g/mol. The highest BCUT2D eigenvalue weighted by atomic mass is 32.2. The molecule has 0 amide bonds. The van der Waals surface area contributed by atoms with Crippen molar-refractivity contribution in [2.75, 3.05) is 19.6 Å². The Morgan fingerprint density at radius 3 is 1.95 bits per heavy atom. The van der Waals surface area contributed by atoms with Gasteiger partial charge < -0.3 is 9.84 Å². The predicted molar refractivity (Wildman–Crippen MR) is 66.2 cm³/mol. The van der Waals surface area contributed by atoms with Crippen LogP contribution in [0.5, 0.6) is 5.75 Å². The minimum absolute atomic E-state index is 0.317. The van der Waals surface area contributed by atoms with Crippen molar-refractivity contribution in [3.63, 3.8) is 0 Å². The zero-order valence-electron chi connectivity index (χ0n) is 10.4. The molecule has 106 valence electrons. The van der Waals surface area contributed by atoms with Crippen molar-refractivity contribution < 1.29 is 31.5 Å². The van der Waals surface area contributed by atoms with Gasteiger partial charge in [0.25, 0.3) is 0 Å². The minimum atomic E-state index is -3.88. The molecule has 7 nitrogen and oxygen atoms in total.